The van der Waals surface area contributed by atoms with Gasteiger partial charge in [-0.25, -0.2) is 0 Å². The Bertz CT molecular complexity index is 575. The van der Waals surface area contributed by atoms with Crippen LogP contribution in [-0.2, 0) is 9.59 Å². The number of carbonyl (C=O) groups is 2. The van der Waals surface area contributed by atoms with Gasteiger partial charge in [-0.15, -0.1) is 0 Å². The zero-order chi connectivity index (χ0) is 17.9. The summed E-state index contributed by atoms with van der Waals surface area (Å²) in [6, 6.07) is 1.94. The van der Waals surface area contributed by atoms with Gasteiger partial charge in [0.25, 0.3) is 0 Å². The summed E-state index contributed by atoms with van der Waals surface area (Å²) in [5.74, 6) is -1.74. The second kappa shape index (κ2) is 7.52. The summed E-state index contributed by atoms with van der Waals surface area (Å²) in [6.45, 7) is -1.15. The molecule has 2 amide bonds. The van der Waals surface area contributed by atoms with Crippen LogP contribution in [0.4, 0.5) is 13.2 Å². The number of nitrogens with one attached hydrogen (secondary N) is 1. The molecule has 1 saturated heterocycles. The van der Waals surface area contributed by atoms with Gasteiger partial charge in [0.2, 0.25) is 11.8 Å². The van der Waals surface area contributed by atoms with Crippen LogP contribution in [0.3, 0.4) is 0 Å². The van der Waals surface area contributed by atoms with Crippen LogP contribution >= 0.6 is 11.3 Å². The molecule has 0 bridgehead atoms. The van der Waals surface area contributed by atoms with Gasteiger partial charge in [-0.3, -0.25) is 9.59 Å². The van der Waals surface area contributed by atoms with E-state index in [1.807, 2.05) is 35.8 Å². The molecule has 2 heterocycles. The van der Waals surface area contributed by atoms with Crippen LogP contribution in [0.2, 0.25) is 0 Å². The van der Waals surface area contributed by atoms with Gasteiger partial charge in [0, 0.05) is 19.5 Å². The van der Waals surface area contributed by atoms with E-state index in [9.17, 15) is 22.8 Å². The van der Waals surface area contributed by atoms with Gasteiger partial charge >= 0.3 is 6.18 Å². The maximum absolute atomic E-state index is 12.4. The van der Waals surface area contributed by atoms with E-state index in [-0.39, 0.29) is 24.9 Å². The minimum atomic E-state index is -4.45. The monoisotopic (exact) mass is 363 g/mol. The van der Waals surface area contributed by atoms with E-state index in [1.54, 1.807) is 11.3 Å². The number of halogens is 3. The minimum Gasteiger partial charge on any atom is -0.354 e. The van der Waals surface area contributed by atoms with Crippen molar-refractivity contribution in [3.63, 3.8) is 0 Å². The quantitative estimate of drug-likeness (QED) is 0.840. The van der Waals surface area contributed by atoms with Crippen molar-refractivity contribution in [1.82, 2.24) is 15.1 Å². The molecule has 1 fully saturated rings. The van der Waals surface area contributed by atoms with Gasteiger partial charge < -0.3 is 15.1 Å². The summed E-state index contributed by atoms with van der Waals surface area (Å²) in [5.41, 5.74) is 1.06. The van der Waals surface area contributed by atoms with Gasteiger partial charge in [0.1, 0.15) is 6.54 Å². The fourth-order valence-corrected chi connectivity index (χ4v) is 3.43. The topological polar surface area (TPSA) is 52.7 Å². The molecule has 24 heavy (non-hydrogen) atoms. The molecule has 5 nitrogen and oxygen atoms in total. The van der Waals surface area contributed by atoms with Crippen molar-refractivity contribution < 1.29 is 22.8 Å². The van der Waals surface area contributed by atoms with E-state index in [2.05, 4.69) is 5.32 Å². The third-order valence-electron chi connectivity index (χ3n) is 3.98. The van der Waals surface area contributed by atoms with Crippen molar-refractivity contribution in [1.29, 1.82) is 0 Å². The van der Waals surface area contributed by atoms with Gasteiger partial charge in [-0.2, -0.15) is 24.5 Å². The highest BCUT2D eigenvalue weighted by Gasteiger charge is 2.40. The normalized spacial score (nSPS) is 19.8. The Kier molecular flexibility index (Phi) is 5.87. The Hall–Kier alpha value is -1.61. The van der Waals surface area contributed by atoms with Gasteiger partial charge in [-0.05, 0) is 36.5 Å². The number of rotatable bonds is 6. The average molecular weight is 363 g/mol. The van der Waals surface area contributed by atoms with Gasteiger partial charge in [0.15, 0.2) is 0 Å². The number of alkyl halides is 3. The van der Waals surface area contributed by atoms with E-state index >= 15 is 0 Å². The first-order chi connectivity index (χ1) is 11.2. The number of thiophene rings is 1. The van der Waals surface area contributed by atoms with Crippen LogP contribution in [0.5, 0.6) is 0 Å². The van der Waals surface area contributed by atoms with E-state index in [1.165, 1.54) is 0 Å². The maximum atomic E-state index is 12.4. The fraction of sp³-hybridized carbons (Fsp3) is 0.600. The molecule has 1 aromatic heterocycles. The third-order valence-corrected chi connectivity index (χ3v) is 4.68. The molecule has 2 rings (SSSR count). The Labute approximate surface area is 142 Å². The standard InChI is InChI=1S/C15H20F3N3O2S/c1-20(2)12(10-3-4-24-8-10)6-19-14(23)11-5-13(22)21(7-11)9-15(16,17)18/h3-4,8,11-12H,5-7,9H2,1-2H3,(H,19,23)/t11-,12+/m0/s1. The molecule has 9 heteroatoms. The predicted molar refractivity (Wildman–Crippen MR) is 84.5 cm³/mol. The highest BCUT2D eigenvalue weighted by molar-refractivity contribution is 7.07. The molecule has 0 radical (unpaired) electrons. The predicted octanol–water partition coefficient (Wildman–Crippen LogP) is 1.88. The molecule has 1 aliphatic heterocycles. The maximum Gasteiger partial charge on any atom is 0.406 e. The summed E-state index contributed by atoms with van der Waals surface area (Å²) < 4.78 is 37.2. The van der Waals surface area contributed by atoms with Crippen molar-refractivity contribution >= 4 is 23.2 Å². The number of carbonyl (C=O) groups excluding carboxylic acids is 2. The second-order valence-corrected chi connectivity index (χ2v) is 6.85. The lowest BCUT2D eigenvalue weighted by atomic mass is 10.1. The molecule has 0 unspecified atom stereocenters. The molecule has 0 spiro atoms. The van der Waals surface area contributed by atoms with Crippen molar-refractivity contribution in [3.05, 3.63) is 22.4 Å². The molecular weight excluding hydrogens is 343 g/mol. The van der Waals surface area contributed by atoms with Crippen molar-refractivity contribution in [2.45, 2.75) is 18.6 Å². The summed E-state index contributed by atoms with van der Waals surface area (Å²) in [7, 11) is 3.78. The van der Waals surface area contributed by atoms with Crippen LogP contribution in [-0.4, -0.2) is 61.5 Å². The SMILES string of the molecule is CN(C)[C@H](CNC(=O)[C@H]1CC(=O)N(CC(F)(F)F)C1)c1ccsc1. The third kappa shape index (κ3) is 4.94. The smallest absolute Gasteiger partial charge is 0.354 e. The molecule has 0 saturated carbocycles. The van der Waals surface area contributed by atoms with Crippen LogP contribution in [0, 0.1) is 5.92 Å². The van der Waals surface area contributed by atoms with Crippen molar-refractivity contribution in [2.75, 3.05) is 33.7 Å². The number of nitrogens with zero attached hydrogens (tertiary/aromatic N) is 2. The summed E-state index contributed by atoms with van der Waals surface area (Å²) in [4.78, 5) is 26.5. The largest absolute Gasteiger partial charge is 0.406 e. The highest BCUT2D eigenvalue weighted by atomic mass is 32.1. The van der Waals surface area contributed by atoms with E-state index < -0.39 is 24.5 Å². The summed E-state index contributed by atoms with van der Waals surface area (Å²) in [6.07, 6.45) is -4.62. The molecule has 1 N–H and O–H groups in total. The summed E-state index contributed by atoms with van der Waals surface area (Å²) in [5, 5.41) is 6.69. The number of hydrogen-bond donors (Lipinski definition) is 1. The van der Waals surface area contributed by atoms with E-state index in [0.717, 1.165) is 5.56 Å². The second-order valence-electron chi connectivity index (χ2n) is 6.07. The zero-order valence-corrected chi connectivity index (χ0v) is 14.3. The first-order valence-electron chi connectivity index (χ1n) is 7.48. The molecule has 134 valence electrons. The van der Waals surface area contributed by atoms with Crippen LogP contribution in [0.25, 0.3) is 0 Å². The Balaban J connectivity index is 1.90. The lowest BCUT2D eigenvalue weighted by Crippen LogP contribution is -2.39. The van der Waals surface area contributed by atoms with Gasteiger partial charge in [-0.1, -0.05) is 0 Å². The lowest BCUT2D eigenvalue weighted by Gasteiger charge is -2.24. The molecule has 0 aliphatic carbocycles. The first kappa shape index (κ1) is 18.7. The summed E-state index contributed by atoms with van der Waals surface area (Å²) >= 11 is 1.55. The molecular formula is C15H20F3N3O2S. The van der Waals surface area contributed by atoms with Gasteiger partial charge in [0.05, 0.1) is 12.0 Å². The molecule has 2 atom stereocenters. The number of likely N-dealkylation sites (N-methyl/N-ethyl adjacent to an activating group) is 1. The van der Waals surface area contributed by atoms with Crippen LogP contribution < -0.4 is 5.32 Å². The average Bonchev–Trinajstić information content (AvgIpc) is 3.08. The van der Waals surface area contributed by atoms with Crippen molar-refractivity contribution in [2.24, 2.45) is 5.92 Å². The zero-order valence-electron chi connectivity index (χ0n) is 13.5. The fourth-order valence-electron chi connectivity index (χ4n) is 2.72. The number of hydrogen-bond acceptors (Lipinski definition) is 4. The number of likely N-dealkylation sites (tertiary alicyclic amines) is 1. The van der Waals surface area contributed by atoms with E-state index in [4.69, 9.17) is 0 Å². The van der Waals surface area contributed by atoms with Crippen LogP contribution in [0.15, 0.2) is 16.8 Å². The lowest BCUT2D eigenvalue weighted by molar-refractivity contribution is -0.157. The molecule has 1 aliphatic rings. The minimum absolute atomic E-state index is 0.0245. The Morgan fingerprint density at radius 3 is 2.75 bits per heavy atom. The van der Waals surface area contributed by atoms with Crippen LogP contribution in [0.1, 0.15) is 18.0 Å². The molecule has 1 aromatic rings. The Morgan fingerprint density at radius 1 is 1.50 bits per heavy atom. The number of amides is 2. The first-order valence-corrected chi connectivity index (χ1v) is 8.42. The molecule has 0 aromatic carbocycles. The Morgan fingerprint density at radius 2 is 2.21 bits per heavy atom. The van der Waals surface area contributed by atoms with E-state index in [0.29, 0.717) is 11.4 Å². The van der Waals surface area contributed by atoms with Crippen molar-refractivity contribution in [3.8, 4) is 0 Å². The highest BCUT2D eigenvalue weighted by Crippen LogP contribution is 2.24.